The van der Waals surface area contributed by atoms with Gasteiger partial charge in [-0.1, -0.05) is 12.1 Å². The summed E-state index contributed by atoms with van der Waals surface area (Å²) in [7, 11) is -2.98. The summed E-state index contributed by atoms with van der Waals surface area (Å²) in [5.41, 5.74) is 1.59. The van der Waals surface area contributed by atoms with E-state index in [4.69, 9.17) is 5.26 Å². The first-order valence-corrected chi connectivity index (χ1v) is 9.52. The van der Waals surface area contributed by atoms with Crippen LogP contribution < -0.4 is 10.6 Å². The van der Waals surface area contributed by atoms with Crippen molar-refractivity contribution >= 4 is 27.1 Å². The van der Waals surface area contributed by atoms with E-state index in [-0.39, 0.29) is 23.2 Å². The molecular formula is C17H16N4O3S. The average Bonchev–Trinajstić information content (AvgIpc) is 2.94. The van der Waals surface area contributed by atoms with Gasteiger partial charge in [-0.2, -0.15) is 5.26 Å². The van der Waals surface area contributed by atoms with Crippen LogP contribution in [0.4, 0.5) is 11.4 Å². The molecule has 2 heterocycles. The van der Waals surface area contributed by atoms with Crippen LogP contribution >= 0.6 is 0 Å². The van der Waals surface area contributed by atoms with Crippen LogP contribution in [-0.4, -0.2) is 36.9 Å². The lowest BCUT2D eigenvalue weighted by atomic mass is 10.2. The summed E-state index contributed by atoms with van der Waals surface area (Å²) in [6, 6.07) is 11.8. The number of aromatic nitrogens is 1. The quantitative estimate of drug-likeness (QED) is 0.864. The van der Waals surface area contributed by atoms with Gasteiger partial charge in [0.2, 0.25) is 0 Å². The lowest BCUT2D eigenvalue weighted by molar-refractivity contribution is 0.102. The van der Waals surface area contributed by atoms with E-state index >= 15 is 0 Å². The smallest absolute Gasteiger partial charge is 0.274 e. The summed E-state index contributed by atoms with van der Waals surface area (Å²) in [5, 5.41) is 14.9. The van der Waals surface area contributed by atoms with E-state index in [0.29, 0.717) is 23.4 Å². The maximum atomic E-state index is 12.4. The minimum absolute atomic E-state index is 0.0897. The molecule has 0 saturated carbocycles. The van der Waals surface area contributed by atoms with E-state index in [9.17, 15) is 13.2 Å². The van der Waals surface area contributed by atoms with Crippen molar-refractivity contribution in [2.24, 2.45) is 0 Å². The van der Waals surface area contributed by atoms with Gasteiger partial charge in [-0.05, 0) is 30.7 Å². The standard InChI is InChI=1S/C17H16N4O3S/c18-10-12-3-1-2-4-15(12)21-17(22)16-9-13(5-7-19-16)20-14-6-8-25(23,24)11-14/h1-5,7,9,14H,6,8,11H2,(H,19,20)(H,21,22). The Morgan fingerprint density at radius 2 is 2.08 bits per heavy atom. The minimum atomic E-state index is -2.98. The molecule has 8 heteroatoms. The molecule has 1 amide bonds. The molecule has 0 aliphatic carbocycles. The average molecular weight is 356 g/mol. The number of sulfone groups is 1. The van der Waals surface area contributed by atoms with Gasteiger partial charge in [0.05, 0.1) is 22.8 Å². The summed E-state index contributed by atoms with van der Waals surface area (Å²) < 4.78 is 23.1. The second-order valence-electron chi connectivity index (χ2n) is 5.79. The number of nitrogens with one attached hydrogen (secondary N) is 2. The Balaban J connectivity index is 1.73. The minimum Gasteiger partial charge on any atom is -0.381 e. The lowest BCUT2D eigenvalue weighted by Crippen LogP contribution is -2.21. The van der Waals surface area contributed by atoms with Crippen LogP contribution in [0.15, 0.2) is 42.6 Å². The molecule has 1 aromatic carbocycles. The summed E-state index contributed by atoms with van der Waals surface area (Å²) >= 11 is 0. The fourth-order valence-electron chi connectivity index (χ4n) is 2.67. The van der Waals surface area contributed by atoms with Crippen LogP contribution in [0.3, 0.4) is 0 Å². The molecule has 1 saturated heterocycles. The molecule has 7 nitrogen and oxygen atoms in total. The zero-order valence-corrected chi connectivity index (χ0v) is 14.1. The molecule has 0 spiro atoms. The van der Waals surface area contributed by atoms with Crippen molar-refractivity contribution in [1.82, 2.24) is 4.98 Å². The van der Waals surface area contributed by atoms with Gasteiger partial charge in [0.25, 0.3) is 5.91 Å². The van der Waals surface area contributed by atoms with Crippen molar-refractivity contribution in [2.75, 3.05) is 22.1 Å². The van der Waals surface area contributed by atoms with Crippen molar-refractivity contribution in [3.8, 4) is 6.07 Å². The van der Waals surface area contributed by atoms with Crippen molar-refractivity contribution in [3.05, 3.63) is 53.9 Å². The number of hydrogen-bond acceptors (Lipinski definition) is 6. The number of pyridine rings is 1. The molecule has 1 aliphatic heterocycles. The zero-order valence-electron chi connectivity index (χ0n) is 13.3. The predicted molar refractivity (Wildman–Crippen MR) is 94.0 cm³/mol. The van der Waals surface area contributed by atoms with Crippen LogP contribution in [0.1, 0.15) is 22.5 Å². The molecule has 2 N–H and O–H groups in total. The molecule has 1 atom stereocenters. The number of anilines is 2. The molecular weight excluding hydrogens is 340 g/mol. The zero-order chi connectivity index (χ0) is 17.9. The first kappa shape index (κ1) is 16.9. The van der Waals surface area contributed by atoms with Gasteiger partial charge >= 0.3 is 0 Å². The van der Waals surface area contributed by atoms with Crippen LogP contribution in [0.5, 0.6) is 0 Å². The van der Waals surface area contributed by atoms with Crippen LogP contribution in [0, 0.1) is 11.3 Å². The SMILES string of the molecule is N#Cc1ccccc1NC(=O)c1cc(NC2CCS(=O)(=O)C2)ccn1. The number of benzene rings is 1. The van der Waals surface area contributed by atoms with E-state index < -0.39 is 15.7 Å². The van der Waals surface area contributed by atoms with Crippen LogP contribution in [-0.2, 0) is 9.84 Å². The fraction of sp³-hybridized carbons (Fsp3) is 0.235. The maximum absolute atomic E-state index is 12.4. The van der Waals surface area contributed by atoms with Gasteiger partial charge < -0.3 is 10.6 Å². The highest BCUT2D eigenvalue weighted by molar-refractivity contribution is 7.91. The van der Waals surface area contributed by atoms with Crippen LogP contribution in [0.25, 0.3) is 0 Å². The van der Waals surface area contributed by atoms with E-state index in [2.05, 4.69) is 15.6 Å². The number of carbonyl (C=O) groups is 1. The Morgan fingerprint density at radius 1 is 1.28 bits per heavy atom. The number of rotatable bonds is 4. The molecule has 3 rings (SSSR count). The van der Waals surface area contributed by atoms with Crippen molar-refractivity contribution in [3.63, 3.8) is 0 Å². The monoisotopic (exact) mass is 356 g/mol. The summed E-state index contributed by atoms with van der Waals surface area (Å²) in [6.45, 7) is 0. The highest BCUT2D eigenvalue weighted by Gasteiger charge is 2.27. The van der Waals surface area contributed by atoms with Crippen LogP contribution in [0.2, 0.25) is 0 Å². The number of hydrogen-bond donors (Lipinski definition) is 2. The fourth-order valence-corrected chi connectivity index (χ4v) is 4.34. The number of nitrogens with zero attached hydrogens (tertiary/aromatic N) is 2. The van der Waals surface area contributed by atoms with Crippen molar-refractivity contribution < 1.29 is 13.2 Å². The Labute approximate surface area is 145 Å². The molecule has 128 valence electrons. The summed E-state index contributed by atoms with van der Waals surface area (Å²) in [5.74, 6) is -0.175. The van der Waals surface area contributed by atoms with Gasteiger partial charge in [-0.3, -0.25) is 9.78 Å². The molecule has 0 radical (unpaired) electrons. The Morgan fingerprint density at radius 3 is 2.80 bits per heavy atom. The van der Waals surface area contributed by atoms with Crippen molar-refractivity contribution in [2.45, 2.75) is 12.5 Å². The maximum Gasteiger partial charge on any atom is 0.274 e. The normalized spacial score (nSPS) is 18.3. The first-order chi connectivity index (χ1) is 12.0. The van der Waals surface area contributed by atoms with Gasteiger partial charge in [0, 0.05) is 17.9 Å². The first-order valence-electron chi connectivity index (χ1n) is 7.70. The molecule has 1 fully saturated rings. The van der Waals surface area contributed by atoms with E-state index in [0.717, 1.165) is 0 Å². The third-order valence-corrected chi connectivity index (χ3v) is 5.66. The summed E-state index contributed by atoms with van der Waals surface area (Å²) in [6.07, 6.45) is 2.03. The third-order valence-electron chi connectivity index (χ3n) is 3.89. The van der Waals surface area contributed by atoms with Gasteiger partial charge in [-0.25, -0.2) is 8.42 Å². The Hall–Kier alpha value is -2.92. The number of carbonyl (C=O) groups excluding carboxylic acids is 1. The van der Waals surface area contributed by atoms with E-state index in [1.807, 2.05) is 6.07 Å². The second kappa shape index (κ2) is 6.91. The molecule has 1 aliphatic rings. The number of amides is 1. The molecule has 1 aromatic heterocycles. The molecule has 0 bridgehead atoms. The predicted octanol–water partition coefficient (Wildman–Crippen LogP) is 1.80. The molecule has 25 heavy (non-hydrogen) atoms. The molecule has 1 unspecified atom stereocenters. The second-order valence-corrected chi connectivity index (χ2v) is 8.01. The number of nitriles is 1. The highest BCUT2D eigenvalue weighted by Crippen LogP contribution is 2.19. The third kappa shape index (κ3) is 4.14. The topological polar surface area (TPSA) is 112 Å². The van der Waals surface area contributed by atoms with Gasteiger partial charge in [-0.15, -0.1) is 0 Å². The van der Waals surface area contributed by atoms with E-state index in [1.54, 1.807) is 36.4 Å². The molecule has 2 aromatic rings. The highest BCUT2D eigenvalue weighted by atomic mass is 32.2. The van der Waals surface area contributed by atoms with E-state index in [1.165, 1.54) is 6.20 Å². The van der Waals surface area contributed by atoms with Crippen molar-refractivity contribution in [1.29, 1.82) is 5.26 Å². The Kier molecular flexibility index (Phi) is 4.67. The van der Waals surface area contributed by atoms with Gasteiger partial charge in [0.15, 0.2) is 9.84 Å². The summed E-state index contributed by atoms with van der Waals surface area (Å²) in [4.78, 5) is 16.4. The number of para-hydroxylation sites is 1. The van der Waals surface area contributed by atoms with Gasteiger partial charge in [0.1, 0.15) is 11.8 Å². The lowest BCUT2D eigenvalue weighted by Gasteiger charge is -2.13. The largest absolute Gasteiger partial charge is 0.381 e. The Bertz CT molecular complexity index is 950.